The van der Waals surface area contributed by atoms with Crippen molar-refractivity contribution in [3.8, 4) is 0 Å². The standard InChI is InChI=1S/C16H25N3O4/c1-12(19-9-7-18(2)8-10-19)3-6-15(20)17-11-13-4-5-14(23-13)16(21)22/h4-5,12H,3,6-11H2,1-2H3,(H,17,20)(H,21,22)/t12-/m0/s1. The molecular formula is C16H25N3O4. The minimum absolute atomic E-state index is 0.0424. The monoisotopic (exact) mass is 323 g/mol. The van der Waals surface area contributed by atoms with E-state index in [9.17, 15) is 9.59 Å². The molecule has 0 spiro atoms. The van der Waals surface area contributed by atoms with Crippen LogP contribution < -0.4 is 5.32 Å². The molecule has 2 rings (SSSR count). The molecule has 1 aliphatic rings. The molecule has 7 nitrogen and oxygen atoms in total. The first-order valence-electron chi connectivity index (χ1n) is 7.97. The molecule has 23 heavy (non-hydrogen) atoms. The van der Waals surface area contributed by atoms with E-state index in [0.717, 1.165) is 32.6 Å². The van der Waals surface area contributed by atoms with E-state index in [1.807, 2.05) is 0 Å². The third kappa shape index (κ3) is 5.37. The minimum atomic E-state index is -1.11. The number of rotatable bonds is 7. The van der Waals surface area contributed by atoms with Gasteiger partial charge in [-0.15, -0.1) is 0 Å². The van der Waals surface area contributed by atoms with Crippen LogP contribution in [0.2, 0.25) is 0 Å². The summed E-state index contributed by atoms with van der Waals surface area (Å²) in [6.07, 6.45) is 1.27. The van der Waals surface area contributed by atoms with Gasteiger partial charge < -0.3 is 19.7 Å². The Labute approximate surface area is 136 Å². The molecule has 1 amide bonds. The van der Waals surface area contributed by atoms with Crippen LogP contribution in [0.15, 0.2) is 16.5 Å². The fraction of sp³-hybridized carbons (Fsp3) is 0.625. The summed E-state index contributed by atoms with van der Waals surface area (Å²) in [5.41, 5.74) is 0. The van der Waals surface area contributed by atoms with Gasteiger partial charge >= 0.3 is 5.97 Å². The van der Waals surface area contributed by atoms with Crippen molar-refractivity contribution >= 4 is 11.9 Å². The van der Waals surface area contributed by atoms with Crippen molar-refractivity contribution < 1.29 is 19.1 Å². The Kier molecular flexibility index (Phi) is 6.18. The molecule has 0 saturated carbocycles. The third-order valence-corrected chi connectivity index (χ3v) is 4.28. The van der Waals surface area contributed by atoms with Gasteiger partial charge in [-0.25, -0.2) is 4.79 Å². The maximum atomic E-state index is 11.9. The number of carboxylic acid groups (broad SMARTS) is 1. The summed E-state index contributed by atoms with van der Waals surface area (Å²) in [6, 6.07) is 3.34. The van der Waals surface area contributed by atoms with Crippen LogP contribution in [0.5, 0.6) is 0 Å². The molecule has 1 aromatic rings. The second-order valence-corrected chi connectivity index (χ2v) is 6.07. The number of nitrogens with one attached hydrogen (secondary N) is 1. The van der Waals surface area contributed by atoms with Crippen LogP contribution >= 0.6 is 0 Å². The van der Waals surface area contributed by atoms with E-state index in [-0.39, 0.29) is 18.2 Å². The maximum Gasteiger partial charge on any atom is 0.371 e. The predicted octanol–water partition coefficient (Wildman–Crippen LogP) is 1.01. The molecule has 0 aromatic carbocycles. The minimum Gasteiger partial charge on any atom is -0.475 e. The summed E-state index contributed by atoms with van der Waals surface area (Å²) in [5.74, 6) is -0.816. The third-order valence-electron chi connectivity index (χ3n) is 4.28. The van der Waals surface area contributed by atoms with Gasteiger partial charge in [0.05, 0.1) is 6.54 Å². The van der Waals surface area contributed by atoms with Crippen LogP contribution in [0.25, 0.3) is 0 Å². The number of hydrogen-bond donors (Lipinski definition) is 2. The van der Waals surface area contributed by atoms with Crippen LogP contribution in [0.4, 0.5) is 0 Å². The van der Waals surface area contributed by atoms with Crippen LogP contribution in [0, 0.1) is 0 Å². The number of carboxylic acids is 1. The topological polar surface area (TPSA) is 86.0 Å². The van der Waals surface area contributed by atoms with Gasteiger partial charge in [0, 0.05) is 38.6 Å². The number of carbonyl (C=O) groups excluding carboxylic acids is 1. The molecule has 7 heteroatoms. The summed E-state index contributed by atoms with van der Waals surface area (Å²) in [5, 5.41) is 11.5. The number of aromatic carboxylic acids is 1. The van der Waals surface area contributed by atoms with Gasteiger partial charge in [0.2, 0.25) is 11.7 Å². The molecule has 1 atom stereocenters. The zero-order valence-corrected chi connectivity index (χ0v) is 13.7. The molecule has 1 aromatic heterocycles. The van der Waals surface area contributed by atoms with Crippen molar-refractivity contribution in [2.75, 3.05) is 33.2 Å². The summed E-state index contributed by atoms with van der Waals surface area (Å²) in [4.78, 5) is 27.3. The van der Waals surface area contributed by atoms with E-state index >= 15 is 0 Å². The first-order chi connectivity index (χ1) is 11.0. The Hall–Kier alpha value is -1.86. The molecular weight excluding hydrogens is 298 g/mol. The highest BCUT2D eigenvalue weighted by Crippen LogP contribution is 2.11. The van der Waals surface area contributed by atoms with E-state index in [0.29, 0.717) is 18.2 Å². The van der Waals surface area contributed by atoms with E-state index in [4.69, 9.17) is 9.52 Å². The van der Waals surface area contributed by atoms with Crippen molar-refractivity contribution in [1.82, 2.24) is 15.1 Å². The summed E-state index contributed by atoms with van der Waals surface area (Å²) < 4.78 is 5.10. The normalized spacial score (nSPS) is 17.8. The number of carbonyl (C=O) groups is 2. The molecule has 0 unspecified atom stereocenters. The maximum absolute atomic E-state index is 11.9. The van der Waals surface area contributed by atoms with E-state index < -0.39 is 5.97 Å². The van der Waals surface area contributed by atoms with Gasteiger partial charge in [-0.3, -0.25) is 9.69 Å². The Morgan fingerprint density at radius 3 is 2.61 bits per heavy atom. The van der Waals surface area contributed by atoms with Gasteiger partial charge in [0.1, 0.15) is 5.76 Å². The van der Waals surface area contributed by atoms with Crippen molar-refractivity contribution in [3.63, 3.8) is 0 Å². The number of furan rings is 1. The van der Waals surface area contributed by atoms with Crippen LogP contribution in [0.1, 0.15) is 36.1 Å². The quantitative estimate of drug-likeness (QED) is 0.779. The zero-order valence-electron chi connectivity index (χ0n) is 13.7. The lowest BCUT2D eigenvalue weighted by Gasteiger charge is -2.36. The van der Waals surface area contributed by atoms with Crippen molar-refractivity contribution in [2.45, 2.75) is 32.4 Å². The van der Waals surface area contributed by atoms with Gasteiger partial charge in [-0.1, -0.05) is 0 Å². The summed E-state index contributed by atoms with van der Waals surface area (Å²) in [7, 11) is 2.12. The lowest BCUT2D eigenvalue weighted by molar-refractivity contribution is -0.121. The molecule has 1 saturated heterocycles. The number of nitrogens with zero attached hydrogens (tertiary/aromatic N) is 2. The van der Waals surface area contributed by atoms with Gasteiger partial charge in [0.15, 0.2) is 0 Å². The number of piperazine rings is 1. The SMILES string of the molecule is C[C@@H](CCC(=O)NCc1ccc(C(=O)O)o1)N1CCN(C)CC1. The fourth-order valence-electron chi connectivity index (χ4n) is 2.65. The summed E-state index contributed by atoms with van der Waals surface area (Å²) in [6.45, 7) is 6.61. The molecule has 0 bridgehead atoms. The largest absolute Gasteiger partial charge is 0.475 e. The van der Waals surface area contributed by atoms with Gasteiger partial charge in [-0.05, 0) is 32.5 Å². The Bertz CT molecular complexity index is 535. The first-order valence-corrected chi connectivity index (χ1v) is 7.97. The Balaban J connectivity index is 1.67. The van der Waals surface area contributed by atoms with E-state index in [1.54, 1.807) is 6.07 Å². The highest BCUT2D eigenvalue weighted by atomic mass is 16.4. The second-order valence-electron chi connectivity index (χ2n) is 6.07. The van der Waals surface area contributed by atoms with Crippen LogP contribution in [0.3, 0.4) is 0 Å². The second kappa shape index (κ2) is 8.12. The molecule has 1 aliphatic heterocycles. The average molecular weight is 323 g/mol. The number of amides is 1. The summed E-state index contributed by atoms with van der Waals surface area (Å²) >= 11 is 0. The Morgan fingerprint density at radius 2 is 2.00 bits per heavy atom. The van der Waals surface area contributed by atoms with E-state index in [2.05, 4.69) is 29.1 Å². The lowest BCUT2D eigenvalue weighted by Crippen LogP contribution is -2.48. The predicted molar refractivity (Wildman–Crippen MR) is 85.3 cm³/mol. The average Bonchev–Trinajstić information content (AvgIpc) is 3.00. The lowest BCUT2D eigenvalue weighted by atomic mass is 10.1. The molecule has 1 fully saturated rings. The number of hydrogen-bond acceptors (Lipinski definition) is 5. The van der Waals surface area contributed by atoms with Crippen molar-refractivity contribution in [1.29, 1.82) is 0 Å². The highest BCUT2D eigenvalue weighted by molar-refractivity contribution is 5.84. The first kappa shape index (κ1) is 17.5. The van der Waals surface area contributed by atoms with Gasteiger partial charge in [-0.2, -0.15) is 0 Å². The molecule has 128 valence electrons. The smallest absolute Gasteiger partial charge is 0.371 e. The molecule has 0 radical (unpaired) electrons. The highest BCUT2D eigenvalue weighted by Gasteiger charge is 2.19. The van der Waals surface area contributed by atoms with Gasteiger partial charge in [0.25, 0.3) is 0 Å². The van der Waals surface area contributed by atoms with Crippen molar-refractivity contribution in [2.24, 2.45) is 0 Å². The zero-order chi connectivity index (χ0) is 16.8. The van der Waals surface area contributed by atoms with Crippen molar-refractivity contribution in [3.05, 3.63) is 23.7 Å². The molecule has 2 heterocycles. The van der Waals surface area contributed by atoms with Crippen LogP contribution in [-0.2, 0) is 11.3 Å². The number of likely N-dealkylation sites (N-methyl/N-ethyl adjacent to an activating group) is 1. The fourth-order valence-corrected chi connectivity index (χ4v) is 2.65. The molecule has 2 N–H and O–H groups in total. The Morgan fingerprint density at radius 1 is 1.30 bits per heavy atom. The van der Waals surface area contributed by atoms with E-state index in [1.165, 1.54) is 6.07 Å². The molecule has 0 aliphatic carbocycles. The van der Waals surface area contributed by atoms with Crippen LogP contribution in [-0.4, -0.2) is 66.1 Å².